The first-order valence-corrected chi connectivity index (χ1v) is 16.2. The van der Waals surface area contributed by atoms with Crippen LogP contribution >= 0.6 is 15.9 Å². The van der Waals surface area contributed by atoms with Crippen LogP contribution in [0.2, 0.25) is 0 Å². The second kappa shape index (κ2) is 17.0. The summed E-state index contributed by atoms with van der Waals surface area (Å²) in [5.41, 5.74) is 13.0. The van der Waals surface area contributed by atoms with Crippen molar-refractivity contribution in [1.29, 1.82) is 5.41 Å². The largest absolute Gasteiger partial charge is 0.345 e. The molecule has 0 unspecified atom stereocenters. The van der Waals surface area contributed by atoms with Gasteiger partial charge >= 0.3 is 0 Å². The van der Waals surface area contributed by atoms with Crippen molar-refractivity contribution >= 4 is 27.5 Å². The quantitative estimate of drug-likeness (QED) is 0.132. The third kappa shape index (κ3) is 8.62. The Morgan fingerprint density at radius 2 is 1.17 bits per heavy atom. The molecule has 6 aromatic rings. The van der Waals surface area contributed by atoms with Crippen LogP contribution in [-0.2, 0) is 12.8 Å². The average Bonchev–Trinajstić information content (AvgIpc) is 3.55. The molecule has 0 radical (unpaired) electrons. The van der Waals surface area contributed by atoms with Gasteiger partial charge in [-0.15, -0.1) is 0 Å². The Morgan fingerprint density at radius 3 is 1.70 bits per heavy atom. The highest BCUT2D eigenvalue weighted by atomic mass is 79.9. The number of nitrogens with zero attached hydrogens (tertiary/aromatic N) is 3. The lowest BCUT2D eigenvalue weighted by Gasteiger charge is -2.30. The number of hydrogen-bond acceptors (Lipinski definition) is 5. The van der Waals surface area contributed by atoms with Gasteiger partial charge < -0.3 is 10.6 Å². The second-order valence-corrected chi connectivity index (χ2v) is 11.5. The Bertz CT molecular complexity index is 1700. The van der Waals surface area contributed by atoms with Crippen molar-refractivity contribution < 1.29 is 0 Å². The summed E-state index contributed by atoms with van der Waals surface area (Å²) in [6, 6.07) is 49.3. The summed E-state index contributed by atoms with van der Waals surface area (Å²) in [5, 5.41) is 7.97. The van der Waals surface area contributed by atoms with Crippen molar-refractivity contribution in [2.75, 3.05) is 18.0 Å². The summed E-state index contributed by atoms with van der Waals surface area (Å²) >= 11 is 3.33. The Labute approximate surface area is 280 Å². The van der Waals surface area contributed by atoms with E-state index in [1.165, 1.54) is 22.3 Å². The molecule has 3 N–H and O–H groups in total. The fraction of sp³-hybridized carbons (Fsp3) is 0.125. The number of nitrogens with one attached hydrogen (secondary N) is 1. The maximum Gasteiger partial charge on any atom is 0.132 e. The molecule has 1 aliphatic heterocycles. The Kier molecular flexibility index (Phi) is 12.0. The molecule has 3 heterocycles. The zero-order valence-electron chi connectivity index (χ0n) is 25.7. The molecule has 0 fully saturated rings. The van der Waals surface area contributed by atoms with Gasteiger partial charge in [0.2, 0.25) is 0 Å². The van der Waals surface area contributed by atoms with Gasteiger partial charge in [-0.25, -0.2) is 9.97 Å². The summed E-state index contributed by atoms with van der Waals surface area (Å²) in [6.07, 6.45) is 5.60. The van der Waals surface area contributed by atoms with Crippen LogP contribution in [0.3, 0.4) is 0 Å². The molecule has 0 bridgehead atoms. The first kappa shape index (κ1) is 32.5. The lowest BCUT2D eigenvalue weighted by atomic mass is 9.97. The summed E-state index contributed by atoms with van der Waals surface area (Å²) in [6.45, 7) is 1.69. The van der Waals surface area contributed by atoms with Gasteiger partial charge in [-0.3, -0.25) is 5.41 Å². The number of benzene rings is 4. The van der Waals surface area contributed by atoms with Crippen LogP contribution in [0.1, 0.15) is 39.4 Å². The topological polar surface area (TPSA) is 78.9 Å². The molecule has 230 valence electrons. The summed E-state index contributed by atoms with van der Waals surface area (Å²) in [7, 11) is 0. The zero-order chi connectivity index (χ0) is 32.0. The van der Waals surface area contributed by atoms with E-state index in [0.717, 1.165) is 40.9 Å². The molecular formula is C40H38BrN5. The normalized spacial score (nSPS) is 11.5. The van der Waals surface area contributed by atoms with Gasteiger partial charge in [-0.05, 0) is 80.8 Å². The Balaban J connectivity index is 0.000000149. The third-order valence-corrected chi connectivity index (χ3v) is 8.39. The van der Waals surface area contributed by atoms with Gasteiger partial charge in [0.15, 0.2) is 0 Å². The SMILES string of the molecule is N=C(c1ccccc1)c1ccccc1.NCCc1cccnc1Br.c1ccc(C(c2ccccc2)N2CCc3cccnc32)cc1. The predicted octanol–water partition coefficient (Wildman–Crippen LogP) is 8.68. The maximum absolute atomic E-state index is 7.97. The molecular weight excluding hydrogens is 630 g/mol. The van der Waals surface area contributed by atoms with Crippen LogP contribution in [0, 0.1) is 5.41 Å². The highest BCUT2D eigenvalue weighted by Crippen LogP contribution is 2.37. The smallest absolute Gasteiger partial charge is 0.132 e. The number of pyridine rings is 2. The van der Waals surface area contributed by atoms with Crippen LogP contribution in [0.4, 0.5) is 5.82 Å². The van der Waals surface area contributed by atoms with Crippen LogP contribution in [0.5, 0.6) is 0 Å². The molecule has 1 aliphatic rings. The van der Waals surface area contributed by atoms with Crippen molar-refractivity contribution in [1.82, 2.24) is 9.97 Å². The minimum Gasteiger partial charge on any atom is -0.345 e. The lowest BCUT2D eigenvalue weighted by molar-refractivity contribution is 0.724. The van der Waals surface area contributed by atoms with Gasteiger partial charge in [-0.1, -0.05) is 133 Å². The van der Waals surface area contributed by atoms with Gasteiger partial charge in [0.1, 0.15) is 10.4 Å². The summed E-state index contributed by atoms with van der Waals surface area (Å²) in [5.74, 6) is 1.13. The molecule has 6 heteroatoms. The van der Waals surface area contributed by atoms with E-state index in [9.17, 15) is 0 Å². The van der Waals surface area contributed by atoms with Crippen molar-refractivity contribution in [3.8, 4) is 0 Å². The molecule has 0 saturated carbocycles. The van der Waals surface area contributed by atoms with Crippen LogP contribution in [0.15, 0.2) is 163 Å². The highest BCUT2D eigenvalue weighted by molar-refractivity contribution is 9.10. The van der Waals surface area contributed by atoms with Crippen molar-refractivity contribution in [3.05, 3.63) is 196 Å². The minimum absolute atomic E-state index is 0.221. The molecule has 5 nitrogen and oxygen atoms in total. The predicted molar refractivity (Wildman–Crippen MR) is 194 cm³/mol. The van der Waals surface area contributed by atoms with E-state index in [0.29, 0.717) is 12.3 Å². The number of halogens is 1. The molecule has 0 spiro atoms. The summed E-state index contributed by atoms with van der Waals surface area (Å²) in [4.78, 5) is 11.1. The van der Waals surface area contributed by atoms with E-state index in [1.807, 2.05) is 85.1 Å². The Hall–Kier alpha value is -4.91. The van der Waals surface area contributed by atoms with Crippen LogP contribution < -0.4 is 10.6 Å². The number of anilines is 1. The number of nitrogens with two attached hydrogens (primary N) is 1. The van der Waals surface area contributed by atoms with E-state index >= 15 is 0 Å². The molecule has 46 heavy (non-hydrogen) atoms. The van der Waals surface area contributed by atoms with E-state index in [1.54, 1.807) is 6.20 Å². The fourth-order valence-corrected chi connectivity index (χ4v) is 5.89. The lowest BCUT2D eigenvalue weighted by Crippen LogP contribution is -2.28. The minimum atomic E-state index is 0.221. The number of rotatable bonds is 7. The van der Waals surface area contributed by atoms with Crippen molar-refractivity contribution in [3.63, 3.8) is 0 Å². The average molecular weight is 669 g/mol. The molecule has 0 saturated heterocycles. The second-order valence-electron chi connectivity index (χ2n) is 10.8. The fourth-order valence-electron chi connectivity index (χ4n) is 5.44. The van der Waals surface area contributed by atoms with Crippen LogP contribution in [0.25, 0.3) is 0 Å². The summed E-state index contributed by atoms with van der Waals surface area (Å²) < 4.78 is 0.903. The van der Waals surface area contributed by atoms with Gasteiger partial charge in [0, 0.05) is 18.9 Å². The van der Waals surface area contributed by atoms with Crippen LogP contribution in [-0.4, -0.2) is 28.8 Å². The van der Waals surface area contributed by atoms with Gasteiger partial charge in [0.05, 0.1) is 11.8 Å². The van der Waals surface area contributed by atoms with E-state index in [-0.39, 0.29) is 6.04 Å². The standard InChI is InChI=1S/C20H18N2.C13H11N.C7H9BrN2/c1-3-8-16(9-4-1)19(17-10-5-2-6-11-17)22-15-13-18-12-7-14-21-20(18)22;14-13(11-7-3-1-4-8-11)12-9-5-2-6-10-12;8-7-6(3-4-9)2-1-5-10-7/h1-12,14,19H,13,15H2;1-10,14H;1-2,5H,3-4,9H2. The number of fused-ring (bicyclic) bond motifs is 1. The van der Waals surface area contributed by atoms with E-state index in [2.05, 4.69) is 97.5 Å². The van der Waals surface area contributed by atoms with Gasteiger partial charge in [0.25, 0.3) is 0 Å². The number of aromatic nitrogens is 2. The molecule has 2 aromatic heterocycles. The monoisotopic (exact) mass is 667 g/mol. The molecule has 7 rings (SSSR count). The third-order valence-electron chi connectivity index (χ3n) is 7.68. The highest BCUT2D eigenvalue weighted by Gasteiger charge is 2.29. The first-order chi connectivity index (χ1) is 22.7. The number of hydrogen-bond donors (Lipinski definition) is 2. The van der Waals surface area contributed by atoms with Crippen molar-refractivity contribution in [2.45, 2.75) is 18.9 Å². The molecule has 4 aromatic carbocycles. The van der Waals surface area contributed by atoms with Crippen molar-refractivity contribution in [2.24, 2.45) is 5.73 Å². The first-order valence-electron chi connectivity index (χ1n) is 15.4. The Morgan fingerprint density at radius 1 is 0.674 bits per heavy atom. The zero-order valence-corrected chi connectivity index (χ0v) is 27.3. The molecule has 0 amide bonds. The van der Waals surface area contributed by atoms with Gasteiger partial charge in [-0.2, -0.15) is 0 Å². The van der Waals surface area contributed by atoms with E-state index < -0.39 is 0 Å². The maximum atomic E-state index is 7.97. The van der Waals surface area contributed by atoms with E-state index in [4.69, 9.17) is 11.1 Å². The molecule has 0 atom stereocenters. The molecule has 0 aliphatic carbocycles.